The lowest BCUT2D eigenvalue weighted by Gasteiger charge is -2.29. The number of carboxylic acids is 1. The van der Waals surface area contributed by atoms with Crippen molar-refractivity contribution < 1.29 is 39.0 Å². The van der Waals surface area contributed by atoms with Crippen LogP contribution in [0.2, 0.25) is 0 Å². The van der Waals surface area contributed by atoms with E-state index in [2.05, 4.69) is 31.2 Å². The number of unbranched alkanes of at least 4 members (excludes halogenated alkanes) is 1. The zero-order chi connectivity index (χ0) is 34.6. The normalized spacial score (nSPS) is 18.5. The number of hydrogen-bond acceptors (Lipinski definition) is 10. The number of H-pyrrole nitrogens is 1. The zero-order valence-corrected chi connectivity index (χ0v) is 26.8. The number of nitrogens with one attached hydrogen (secondary N) is 5. The number of carboxylic acid groups (broad SMARTS) is 1. The second-order valence-corrected chi connectivity index (χ2v) is 11.9. The highest BCUT2D eigenvalue weighted by Crippen LogP contribution is 2.19. The molecule has 0 unspecified atom stereocenters. The van der Waals surface area contributed by atoms with Crippen LogP contribution < -0.4 is 32.7 Å². The summed E-state index contributed by atoms with van der Waals surface area (Å²) in [7, 11) is 0. The first-order valence-corrected chi connectivity index (χ1v) is 15.5. The number of hydrogen-bond donors (Lipinski definition) is 9. The maximum Gasteiger partial charge on any atom is 0.326 e. The van der Waals surface area contributed by atoms with Gasteiger partial charge in [-0.2, -0.15) is 0 Å². The third kappa shape index (κ3) is 11.1. The summed E-state index contributed by atoms with van der Waals surface area (Å²) < 4.78 is 0. The Labute approximate surface area is 268 Å². The van der Waals surface area contributed by atoms with E-state index in [0.717, 1.165) is 0 Å². The number of aliphatic carboxylic acids is 1. The fraction of sp³-hybridized carbons (Fsp3) is 0.690. The Morgan fingerprint density at radius 3 is 2.24 bits per heavy atom. The molecule has 1 fully saturated rings. The lowest BCUT2D eigenvalue weighted by atomic mass is 10.0. The van der Waals surface area contributed by atoms with Gasteiger partial charge < -0.3 is 52.8 Å². The minimum atomic E-state index is -1.24. The van der Waals surface area contributed by atoms with Crippen molar-refractivity contribution in [3.05, 3.63) is 18.2 Å². The summed E-state index contributed by atoms with van der Waals surface area (Å²) in [6.45, 7) is 6.68. The van der Waals surface area contributed by atoms with Crippen LogP contribution in [-0.4, -0.2) is 116 Å². The quantitative estimate of drug-likeness (QED) is 0.0747. The number of aromatic nitrogens is 2. The van der Waals surface area contributed by atoms with E-state index in [1.54, 1.807) is 13.8 Å². The number of likely N-dealkylation sites (tertiary alicyclic amines) is 1. The van der Waals surface area contributed by atoms with Crippen molar-refractivity contribution in [3.8, 4) is 0 Å². The van der Waals surface area contributed by atoms with Crippen molar-refractivity contribution in [2.75, 3.05) is 13.1 Å². The molecule has 11 N–H and O–H groups in total. The molecule has 0 aliphatic carbocycles. The van der Waals surface area contributed by atoms with E-state index in [4.69, 9.17) is 11.5 Å². The van der Waals surface area contributed by atoms with Gasteiger partial charge in [-0.1, -0.05) is 13.8 Å². The van der Waals surface area contributed by atoms with Gasteiger partial charge in [-0.15, -0.1) is 0 Å². The van der Waals surface area contributed by atoms with E-state index in [-0.39, 0.29) is 19.4 Å². The lowest BCUT2D eigenvalue weighted by Crippen LogP contribution is -2.59. The molecule has 0 spiro atoms. The van der Waals surface area contributed by atoms with Gasteiger partial charge in [0.1, 0.15) is 36.3 Å². The van der Waals surface area contributed by atoms with Crippen molar-refractivity contribution in [2.45, 2.75) is 109 Å². The number of aliphatic hydroxyl groups is 1. The van der Waals surface area contributed by atoms with Crippen LogP contribution in [-0.2, 0) is 35.2 Å². The van der Waals surface area contributed by atoms with Crippen LogP contribution in [0.25, 0.3) is 0 Å². The lowest BCUT2D eigenvalue weighted by molar-refractivity contribution is -0.143. The predicted molar refractivity (Wildman–Crippen MR) is 165 cm³/mol. The van der Waals surface area contributed by atoms with E-state index in [9.17, 15) is 39.0 Å². The van der Waals surface area contributed by atoms with Gasteiger partial charge in [0.15, 0.2) is 0 Å². The summed E-state index contributed by atoms with van der Waals surface area (Å²) in [5, 5.41) is 29.5. The maximum absolute atomic E-state index is 13.6. The average Bonchev–Trinajstić information content (AvgIpc) is 3.70. The molecular weight excluding hydrogens is 602 g/mol. The third-order valence-corrected chi connectivity index (χ3v) is 7.81. The van der Waals surface area contributed by atoms with Crippen LogP contribution in [0.4, 0.5) is 0 Å². The summed E-state index contributed by atoms with van der Waals surface area (Å²) in [6, 6.07) is -6.71. The molecule has 1 aliphatic rings. The van der Waals surface area contributed by atoms with E-state index in [1.807, 2.05) is 0 Å². The summed E-state index contributed by atoms with van der Waals surface area (Å²) in [6.07, 6.45) is 3.75. The molecule has 1 aromatic heterocycles. The minimum absolute atomic E-state index is 0.0250. The molecule has 17 heteroatoms. The Hall–Kier alpha value is -4.09. The summed E-state index contributed by atoms with van der Waals surface area (Å²) >= 11 is 0. The molecule has 46 heavy (non-hydrogen) atoms. The van der Waals surface area contributed by atoms with Crippen LogP contribution >= 0.6 is 0 Å². The van der Waals surface area contributed by atoms with Crippen LogP contribution in [0.1, 0.15) is 65.5 Å². The van der Waals surface area contributed by atoms with Gasteiger partial charge in [-0.25, -0.2) is 9.78 Å². The van der Waals surface area contributed by atoms with Gasteiger partial charge in [-0.3, -0.25) is 24.0 Å². The number of rotatable bonds is 18. The fourth-order valence-corrected chi connectivity index (χ4v) is 5.04. The Bertz CT molecular complexity index is 1190. The molecule has 258 valence electrons. The van der Waals surface area contributed by atoms with Crippen LogP contribution in [0.15, 0.2) is 12.5 Å². The molecule has 0 radical (unpaired) electrons. The summed E-state index contributed by atoms with van der Waals surface area (Å²) in [5.74, 6) is -4.88. The number of carbonyl (C=O) groups excluding carboxylic acids is 5. The van der Waals surface area contributed by atoms with E-state index >= 15 is 0 Å². The second kappa shape index (κ2) is 18.2. The van der Waals surface area contributed by atoms with Crippen molar-refractivity contribution >= 4 is 35.5 Å². The SMILES string of the molecule is CC(C)[C@H](NC(=O)[C@H](CCCCN)NC(=O)[C@H](Cc1cnc[nH]1)NC(=O)[C@@H]1CCCN1C(=O)[C@H](C)NC(=O)[C@@H](N)[C@@H](C)O)C(=O)O. The molecule has 2 heterocycles. The van der Waals surface area contributed by atoms with Crippen molar-refractivity contribution in [2.24, 2.45) is 17.4 Å². The average molecular weight is 652 g/mol. The van der Waals surface area contributed by atoms with Crippen molar-refractivity contribution in [3.63, 3.8) is 0 Å². The molecule has 0 bridgehead atoms. The Kier molecular flexibility index (Phi) is 15.0. The Balaban J connectivity index is 2.22. The molecule has 0 aromatic carbocycles. The highest BCUT2D eigenvalue weighted by atomic mass is 16.4. The number of amides is 5. The van der Waals surface area contributed by atoms with Crippen molar-refractivity contribution in [1.29, 1.82) is 0 Å². The Morgan fingerprint density at radius 1 is 1.00 bits per heavy atom. The molecular formula is C29H49N9O8. The highest BCUT2D eigenvalue weighted by Gasteiger charge is 2.39. The molecule has 7 atom stereocenters. The zero-order valence-electron chi connectivity index (χ0n) is 26.8. The standard InChI is InChI=1S/C29H49N9O8/c1-15(2)23(29(45)46)37-24(40)19(8-5-6-10-30)35-25(41)20(12-18-13-32-14-33-18)36-26(42)21-9-7-11-38(21)28(44)16(3)34-27(43)22(31)17(4)39/h13-17,19-23,39H,5-12,30-31H2,1-4H3,(H,32,33)(H,34,43)(H,35,41)(H,36,42)(H,37,40)(H,45,46)/t16-,17+,19-,20-,21-,22-,23-/m0/s1. The van der Waals surface area contributed by atoms with Gasteiger partial charge in [0.05, 0.1) is 12.4 Å². The van der Waals surface area contributed by atoms with Gasteiger partial charge >= 0.3 is 5.97 Å². The van der Waals surface area contributed by atoms with Gasteiger partial charge in [0.2, 0.25) is 29.5 Å². The van der Waals surface area contributed by atoms with E-state index in [1.165, 1.54) is 31.3 Å². The number of imidazole rings is 1. The molecule has 17 nitrogen and oxygen atoms in total. The minimum Gasteiger partial charge on any atom is -0.480 e. The number of nitrogens with two attached hydrogens (primary N) is 2. The van der Waals surface area contributed by atoms with Gasteiger partial charge in [-0.05, 0) is 58.4 Å². The van der Waals surface area contributed by atoms with Crippen LogP contribution in [0.5, 0.6) is 0 Å². The fourth-order valence-electron chi connectivity index (χ4n) is 5.04. The first-order valence-electron chi connectivity index (χ1n) is 15.5. The largest absolute Gasteiger partial charge is 0.480 e. The molecule has 1 aliphatic heterocycles. The third-order valence-electron chi connectivity index (χ3n) is 7.81. The topological polar surface area (TPSA) is 275 Å². The Morgan fingerprint density at radius 2 is 1.67 bits per heavy atom. The summed E-state index contributed by atoms with van der Waals surface area (Å²) in [5.41, 5.74) is 11.8. The maximum atomic E-state index is 13.6. The van der Waals surface area contributed by atoms with E-state index in [0.29, 0.717) is 37.9 Å². The summed E-state index contributed by atoms with van der Waals surface area (Å²) in [4.78, 5) is 85.8. The molecule has 2 rings (SSSR count). The highest BCUT2D eigenvalue weighted by molar-refractivity contribution is 5.96. The number of aliphatic hydroxyl groups excluding tert-OH is 1. The first kappa shape index (κ1) is 38.1. The van der Waals surface area contributed by atoms with E-state index < -0.39 is 83.8 Å². The van der Waals surface area contributed by atoms with Crippen LogP contribution in [0, 0.1) is 5.92 Å². The predicted octanol–water partition coefficient (Wildman–Crippen LogP) is -2.52. The number of nitrogens with zero attached hydrogens (tertiary/aromatic N) is 2. The number of aromatic amines is 1. The molecule has 1 saturated heterocycles. The second-order valence-electron chi connectivity index (χ2n) is 11.9. The number of carbonyl (C=O) groups is 6. The monoisotopic (exact) mass is 651 g/mol. The first-order chi connectivity index (χ1) is 21.7. The van der Waals surface area contributed by atoms with Crippen LogP contribution in [0.3, 0.4) is 0 Å². The van der Waals surface area contributed by atoms with Crippen molar-refractivity contribution in [1.82, 2.24) is 36.1 Å². The smallest absolute Gasteiger partial charge is 0.326 e. The molecule has 1 aromatic rings. The van der Waals surface area contributed by atoms with Gasteiger partial charge in [0.25, 0.3) is 0 Å². The van der Waals surface area contributed by atoms with Gasteiger partial charge in [0, 0.05) is 24.9 Å². The molecule has 5 amide bonds. The molecule has 0 saturated carbocycles.